The van der Waals surface area contributed by atoms with E-state index in [-0.39, 0.29) is 28.6 Å². The number of carbonyl (C=O) groups is 2. The van der Waals surface area contributed by atoms with Crippen LogP contribution < -0.4 is 10.2 Å². The van der Waals surface area contributed by atoms with Crippen molar-refractivity contribution < 1.29 is 18.4 Å². The topological polar surface area (TPSA) is 97.4 Å². The number of likely N-dealkylation sites (N-methyl/N-ethyl adjacent to an activating group) is 1. The highest BCUT2D eigenvalue weighted by molar-refractivity contribution is 6.01. The van der Waals surface area contributed by atoms with E-state index in [2.05, 4.69) is 20.5 Å². The number of nitrogens with zero attached hydrogens (tertiary/aromatic N) is 6. The van der Waals surface area contributed by atoms with Gasteiger partial charge >= 0.3 is 0 Å². The van der Waals surface area contributed by atoms with Crippen LogP contribution in [0.5, 0.6) is 0 Å². The van der Waals surface area contributed by atoms with Gasteiger partial charge in [-0.3, -0.25) is 14.5 Å². The average Bonchev–Trinajstić information content (AvgIpc) is 3.42. The van der Waals surface area contributed by atoms with E-state index in [1.54, 1.807) is 42.2 Å². The number of aryl methyl sites for hydroxylation is 1. The Morgan fingerprint density at radius 3 is 2.88 bits per heavy atom. The minimum absolute atomic E-state index is 0.0116. The maximum atomic E-state index is 14.3. The first-order valence-corrected chi connectivity index (χ1v) is 9.84. The molecule has 5 rings (SSSR count). The molecule has 162 valence electrons. The van der Waals surface area contributed by atoms with E-state index < -0.39 is 23.6 Å². The molecule has 0 spiro atoms. The van der Waals surface area contributed by atoms with Crippen LogP contribution in [-0.2, 0) is 11.3 Å². The Kier molecular flexibility index (Phi) is 4.65. The Balaban J connectivity index is 1.44. The Hall–Kier alpha value is -4.15. The van der Waals surface area contributed by atoms with Crippen LogP contribution in [0.1, 0.15) is 17.0 Å². The van der Waals surface area contributed by atoms with Crippen molar-refractivity contribution in [3.8, 4) is 11.3 Å². The Morgan fingerprint density at radius 1 is 1.19 bits per heavy atom. The summed E-state index contributed by atoms with van der Waals surface area (Å²) >= 11 is 0. The van der Waals surface area contributed by atoms with Gasteiger partial charge in [-0.25, -0.2) is 23.0 Å². The van der Waals surface area contributed by atoms with Crippen molar-refractivity contribution in [2.75, 3.05) is 11.9 Å². The van der Waals surface area contributed by atoms with Gasteiger partial charge in [0.1, 0.15) is 23.5 Å². The van der Waals surface area contributed by atoms with Gasteiger partial charge in [0.05, 0.1) is 11.9 Å². The molecule has 0 saturated carbocycles. The maximum absolute atomic E-state index is 14.3. The quantitative estimate of drug-likeness (QED) is 0.529. The summed E-state index contributed by atoms with van der Waals surface area (Å²) in [5.41, 5.74) is 0.505. The van der Waals surface area contributed by atoms with E-state index >= 15 is 0 Å². The molecule has 3 aromatic heterocycles. The number of anilines is 1. The summed E-state index contributed by atoms with van der Waals surface area (Å²) in [4.78, 5) is 31.3. The molecule has 0 aliphatic carbocycles. The number of hydrogen-bond acceptors (Lipinski definition) is 5. The summed E-state index contributed by atoms with van der Waals surface area (Å²) in [6.45, 7) is 0.449. The van der Waals surface area contributed by atoms with Crippen LogP contribution >= 0.6 is 0 Å². The fourth-order valence-corrected chi connectivity index (χ4v) is 3.76. The van der Waals surface area contributed by atoms with E-state index in [4.69, 9.17) is 0 Å². The molecule has 0 fully saturated rings. The largest absolute Gasteiger partial charge is 0.337 e. The van der Waals surface area contributed by atoms with Crippen LogP contribution in [0.15, 0.2) is 48.7 Å². The first-order valence-electron chi connectivity index (χ1n) is 9.84. The minimum Gasteiger partial charge on any atom is -0.337 e. The lowest BCUT2D eigenvalue weighted by atomic mass is 10.1. The lowest BCUT2D eigenvalue weighted by Gasteiger charge is -2.19. The summed E-state index contributed by atoms with van der Waals surface area (Å²) in [7, 11) is 1.61. The van der Waals surface area contributed by atoms with Gasteiger partial charge < -0.3 is 5.32 Å². The molecular formula is C21H17F2N7O2. The number of carbonyl (C=O) groups excluding carboxylic acids is 2. The molecule has 4 heterocycles. The van der Waals surface area contributed by atoms with Crippen molar-refractivity contribution in [1.29, 1.82) is 0 Å². The third kappa shape index (κ3) is 3.27. The average molecular weight is 437 g/mol. The predicted molar refractivity (Wildman–Crippen MR) is 110 cm³/mol. The van der Waals surface area contributed by atoms with Crippen LogP contribution in [0.25, 0.3) is 16.9 Å². The molecule has 1 aliphatic rings. The molecule has 1 N–H and O–H groups in total. The lowest BCUT2D eigenvalue weighted by molar-refractivity contribution is -0.120. The highest BCUT2D eigenvalue weighted by Crippen LogP contribution is 2.24. The van der Waals surface area contributed by atoms with Gasteiger partial charge in [-0.05, 0) is 36.8 Å². The number of halogens is 2. The summed E-state index contributed by atoms with van der Waals surface area (Å²) in [6.07, 6.45) is 1.95. The molecule has 9 nitrogen and oxygen atoms in total. The highest BCUT2D eigenvalue weighted by atomic mass is 19.1. The van der Waals surface area contributed by atoms with Crippen molar-refractivity contribution >= 4 is 23.3 Å². The minimum atomic E-state index is -0.791. The first-order chi connectivity index (χ1) is 15.4. The number of fused-ring (bicyclic) bond motifs is 2. The van der Waals surface area contributed by atoms with Crippen molar-refractivity contribution in [1.82, 2.24) is 29.7 Å². The molecular weight excluding hydrogens is 420 g/mol. The second-order valence-electron chi connectivity index (χ2n) is 7.37. The number of benzene rings is 1. The molecule has 0 radical (unpaired) electrons. The van der Waals surface area contributed by atoms with E-state index in [0.29, 0.717) is 18.8 Å². The number of rotatable bonds is 3. The third-order valence-corrected chi connectivity index (χ3v) is 5.37. The van der Waals surface area contributed by atoms with Crippen LogP contribution in [0.2, 0.25) is 0 Å². The van der Waals surface area contributed by atoms with E-state index in [1.165, 1.54) is 9.42 Å². The molecule has 32 heavy (non-hydrogen) atoms. The number of amides is 2. The Morgan fingerprint density at radius 2 is 2.03 bits per heavy atom. The normalized spacial score (nSPS) is 16.2. The molecule has 2 amide bonds. The number of nitrogens with one attached hydrogen (secondary N) is 1. The standard InChI is InChI=1S/C21H17F2N7O2/c1-28-18-7-9-24-29(18)10-8-15(21(28)32)25-20(31)19-26-17-4-2-3-16(30(17)27-19)13-11-12(22)5-6-14(13)23/h2-7,9,11,15H,8,10H2,1H3,(H,25,31)/t15-/m0/s1. The number of hydrogen-bond donors (Lipinski definition) is 1. The summed E-state index contributed by atoms with van der Waals surface area (Å²) in [5.74, 6) is -1.72. The third-order valence-electron chi connectivity index (χ3n) is 5.37. The zero-order chi connectivity index (χ0) is 22.4. The SMILES string of the molecule is CN1C(=O)[C@@H](NC(=O)c2nc3cccc(-c4cc(F)ccc4F)n3n2)CCn2nccc21. The van der Waals surface area contributed by atoms with Gasteiger partial charge in [-0.15, -0.1) is 5.10 Å². The second-order valence-corrected chi connectivity index (χ2v) is 7.37. The molecule has 0 bridgehead atoms. The van der Waals surface area contributed by atoms with Crippen molar-refractivity contribution in [3.63, 3.8) is 0 Å². The monoisotopic (exact) mass is 437 g/mol. The van der Waals surface area contributed by atoms with Gasteiger partial charge in [0, 0.05) is 25.2 Å². The van der Waals surface area contributed by atoms with E-state index in [0.717, 1.165) is 18.2 Å². The molecule has 0 saturated heterocycles. The second kappa shape index (κ2) is 7.52. The Labute approximate surface area is 180 Å². The molecule has 1 atom stereocenters. The van der Waals surface area contributed by atoms with Crippen molar-refractivity contribution in [2.45, 2.75) is 19.0 Å². The van der Waals surface area contributed by atoms with Crippen molar-refractivity contribution in [3.05, 3.63) is 66.1 Å². The van der Waals surface area contributed by atoms with Crippen LogP contribution in [0.4, 0.5) is 14.6 Å². The summed E-state index contributed by atoms with van der Waals surface area (Å²) < 4.78 is 30.9. The fraction of sp³-hybridized carbons (Fsp3) is 0.190. The Bertz CT molecular complexity index is 1360. The maximum Gasteiger partial charge on any atom is 0.291 e. The highest BCUT2D eigenvalue weighted by Gasteiger charge is 2.31. The molecule has 1 aromatic carbocycles. The van der Waals surface area contributed by atoms with Gasteiger partial charge in [0.15, 0.2) is 5.65 Å². The van der Waals surface area contributed by atoms with E-state index in [1.807, 2.05) is 0 Å². The smallest absolute Gasteiger partial charge is 0.291 e. The summed E-state index contributed by atoms with van der Waals surface area (Å²) in [6, 6.07) is 8.77. The lowest BCUT2D eigenvalue weighted by Crippen LogP contribution is -2.47. The van der Waals surface area contributed by atoms with Crippen molar-refractivity contribution in [2.24, 2.45) is 0 Å². The van der Waals surface area contributed by atoms with Crippen LogP contribution in [0, 0.1) is 11.6 Å². The van der Waals surface area contributed by atoms with Crippen LogP contribution in [-0.4, -0.2) is 49.3 Å². The predicted octanol–water partition coefficient (Wildman–Crippen LogP) is 2.04. The van der Waals surface area contributed by atoms with Gasteiger partial charge in [0.25, 0.3) is 11.8 Å². The van der Waals surface area contributed by atoms with Gasteiger partial charge in [0.2, 0.25) is 5.82 Å². The first kappa shape index (κ1) is 19.8. The molecule has 1 aliphatic heterocycles. The van der Waals surface area contributed by atoms with E-state index in [9.17, 15) is 18.4 Å². The molecule has 0 unspecified atom stereocenters. The zero-order valence-electron chi connectivity index (χ0n) is 16.9. The molecule has 11 heteroatoms. The summed E-state index contributed by atoms with van der Waals surface area (Å²) in [5, 5.41) is 11.0. The van der Waals surface area contributed by atoms with Gasteiger partial charge in [-0.2, -0.15) is 5.10 Å². The van der Waals surface area contributed by atoms with Crippen LogP contribution in [0.3, 0.4) is 0 Å². The fourth-order valence-electron chi connectivity index (χ4n) is 3.76. The number of aromatic nitrogens is 5. The molecule has 4 aromatic rings. The van der Waals surface area contributed by atoms with Gasteiger partial charge in [-0.1, -0.05) is 6.07 Å². The zero-order valence-corrected chi connectivity index (χ0v) is 16.9. The number of pyridine rings is 1.